The fraction of sp³-hybridized carbons (Fsp3) is 0.545. The highest BCUT2D eigenvalue weighted by Crippen LogP contribution is 2.16. The van der Waals surface area contributed by atoms with Crippen molar-refractivity contribution < 1.29 is 14.7 Å². The van der Waals surface area contributed by atoms with Crippen LogP contribution in [0.15, 0.2) is 11.7 Å². The number of carboxylic acid groups (broad SMARTS) is 1. The summed E-state index contributed by atoms with van der Waals surface area (Å²) in [5.41, 5.74) is 1.71. The van der Waals surface area contributed by atoms with Gasteiger partial charge in [-0.05, 0) is 12.8 Å². The van der Waals surface area contributed by atoms with Gasteiger partial charge in [0, 0.05) is 24.2 Å². The number of rotatable bonds is 3. The molecule has 0 aromatic carbocycles. The Morgan fingerprint density at radius 2 is 2.44 bits per heavy atom. The number of piperidine rings is 1. The summed E-state index contributed by atoms with van der Waals surface area (Å²) >= 11 is 1.48. The Bertz CT molecular complexity index is 421. The fourth-order valence-corrected chi connectivity index (χ4v) is 2.50. The lowest BCUT2D eigenvalue weighted by Crippen LogP contribution is -2.46. The van der Waals surface area contributed by atoms with Gasteiger partial charge in [-0.15, -0.1) is 11.3 Å². The Kier molecular flexibility index (Phi) is 4.14. The van der Waals surface area contributed by atoms with Gasteiger partial charge >= 0.3 is 12.0 Å². The summed E-state index contributed by atoms with van der Waals surface area (Å²) in [6.45, 7) is 1.36. The molecule has 18 heavy (non-hydrogen) atoms. The minimum atomic E-state index is -0.824. The maximum Gasteiger partial charge on any atom is 0.317 e. The van der Waals surface area contributed by atoms with Crippen molar-refractivity contribution in [3.63, 3.8) is 0 Å². The van der Waals surface area contributed by atoms with Crippen molar-refractivity contribution in [3.8, 4) is 0 Å². The van der Waals surface area contributed by atoms with Crippen molar-refractivity contribution >= 4 is 23.3 Å². The lowest BCUT2D eigenvalue weighted by molar-refractivity contribution is -0.143. The molecule has 1 saturated heterocycles. The van der Waals surface area contributed by atoms with E-state index in [1.54, 1.807) is 16.6 Å². The summed E-state index contributed by atoms with van der Waals surface area (Å²) in [6, 6.07) is -0.200. The van der Waals surface area contributed by atoms with Crippen LogP contribution in [0.4, 0.5) is 4.79 Å². The molecule has 2 N–H and O–H groups in total. The van der Waals surface area contributed by atoms with Crippen molar-refractivity contribution in [2.45, 2.75) is 19.4 Å². The molecule has 1 aliphatic rings. The van der Waals surface area contributed by atoms with E-state index in [0.717, 1.165) is 11.3 Å². The molecule has 6 nitrogen and oxygen atoms in total. The van der Waals surface area contributed by atoms with Gasteiger partial charge in [0.05, 0.1) is 18.0 Å². The van der Waals surface area contributed by atoms with Crippen LogP contribution in [0.25, 0.3) is 0 Å². The Hall–Kier alpha value is -1.63. The van der Waals surface area contributed by atoms with Crippen molar-refractivity contribution in [3.05, 3.63) is 16.6 Å². The van der Waals surface area contributed by atoms with Gasteiger partial charge in [-0.3, -0.25) is 9.78 Å². The molecule has 2 rings (SSSR count). The molecule has 7 heteroatoms. The van der Waals surface area contributed by atoms with E-state index in [1.807, 2.05) is 0 Å². The number of carbonyl (C=O) groups excluding carboxylic acids is 1. The van der Waals surface area contributed by atoms with Crippen LogP contribution >= 0.6 is 11.3 Å². The summed E-state index contributed by atoms with van der Waals surface area (Å²) in [6.07, 6.45) is 3.10. The van der Waals surface area contributed by atoms with Crippen LogP contribution in [-0.4, -0.2) is 40.1 Å². The fourth-order valence-electron chi connectivity index (χ4n) is 1.97. The summed E-state index contributed by atoms with van der Waals surface area (Å²) in [7, 11) is 0. The van der Waals surface area contributed by atoms with Crippen LogP contribution < -0.4 is 5.32 Å². The highest BCUT2D eigenvalue weighted by Gasteiger charge is 2.27. The number of hydrogen-bond donors (Lipinski definition) is 2. The minimum absolute atomic E-state index is 0.200. The molecule has 1 fully saturated rings. The molecular weight excluding hydrogens is 254 g/mol. The molecule has 0 bridgehead atoms. The number of nitrogens with zero attached hydrogens (tertiary/aromatic N) is 2. The van der Waals surface area contributed by atoms with Gasteiger partial charge in [-0.25, -0.2) is 4.79 Å². The zero-order valence-electron chi connectivity index (χ0n) is 9.83. The molecule has 0 aliphatic carbocycles. The van der Waals surface area contributed by atoms with E-state index in [4.69, 9.17) is 5.11 Å². The van der Waals surface area contributed by atoms with Crippen LogP contribution in [0.1, 0.15) is 17.7 Å². The average molecular weight is 269 g/mol. The van der Waals surface area contributed by atoms with E-state index in [2.05, 4.69) is 10.3 Å². The van der Waals surface area contributed by atoms with Gasteiger partial charge < -0.3 is 15.3 Å². The third-order valence-corrected chi connectivity index (χ3v) is 3.73. The van der Waals surface area contributed by atoms with Crippen LogP contribution in [0.2, 0.25) is 0 Å². The van der Waals surface area contributed by atoms with Gasteiger partial charge in [0.25, 0.3) is 0 Å². The van der Waals surface area contributed by atoms with E-state index >= 15 is 0 Å². The van der Waals surface area contributed by atoms with Crippen molar-refractivity contribution in [1.82, 2.24) is 15.2 Å². The maximum atomic E-state index is 11.9. The molecule has 1 aliphatic heterocycles. The normalized spacial score (nSPS) is 19.6. The third kappa shape index (κ3) is 3.19. The molecule has 2 heterocycles. The first-order valence-corrected chi connectivity index (χ1v) is 6.67. The zero-order valence-corrected chi connectivity index (χ0v) is 10.7. The predicted molar refractivity (Wildman–Crippen MR) is 66.3 cm³/mol. The second-order valence-corrected chi connectivity index (χ2v) is 5.22. The number of aromatic nitrogens is 1. The molecule has 1 aromatic rings. The third-order valence-electron chi connectivity index (χ3n) is 2.96. The smallest absolute Gasteiger partial charge is 0.317 e. The Labute approximate surface area is 109 Å². The lowest BCUT2D eigenvalue weighted by Gasteiger charge is -2.30. The van der Waals surface area contributed by atoms with E-state index < -0.39 is 11.9 Å². The first kappa shape index (κ1) is 12.8. The summed E-state index contributed by atoms with van der Waals surface area (Å²) in [5.74, 6) is -1.26. The lowest BCUT2D eigenvalue weighted by atomic mass is 9.99. The van der Waals surface area contributed by atoms with Crippen LogP contribution in [0.3, 0.4) is 0 Å². The molecule has 0 radical (unpaired) electrons. The van der Waals surface area contributed by atoms with E-state index in [9.17, 15) is 9.59 Å². The predicted octanol–water partition coefficient (Wildman–Crippen LogP) is 1.15. The number of likely N-dealkylation sites (tertiary alicyclic amines) is 1. The van der Waals surface area contributed by atoms with Crippen LogP contribution in [0, 0.1) is 5.92 Å². The topological polar surface area (TPSA) is 82.5 Å². The maximum absolute atomic E-state index is 11.9. The van der Waals surface area contributed by atoms with Crippen LogP contribution in [-0.2, 0) is 11.3 Å². The number of amides is 2. The Balaban J connectivity index is 1.83. The summed E-state index contributed by atoms with van der Waals surface area (Å²) < 4.78 is 0. The van der Waals surface area contributed by atoms with Gasteiger partial charge in [-0.1, -0.05) is 0 Å². The number of carbonyl (C=O) groups is 2. The van der Waals surface area contributed by atoms with E-state index in [-0.39, 0.29) is 6.03 Å². The van der Waals surface area contributed by atoms with Crippen molar-refractivity contribution in [2.75, 3.05) is 13.1 Å². The molecule has 1 atom stereocenters. The van der Waals surface area contributed by atoms with Gasteiger partial charge in [0.1, 0.15) is 0 Å². The van der Waals surface area contributed by atoms with Gasteiger partial charge in [0.2, 0.25) is 0 Å². The second-order valence-electron chi connectivity index (χ2n) is 4.25. The molecule has 0 saturated carbocycles. The average Bonchev–Trinajstić information content (AvgIpc) is 2.89. The number of hydrogen-bond acceptors (Lipinski definition) is 4. The Morgan fingerprint density at radius 1 is 1.61 bits per heavy atom. The van der Waals surface area contributed by atoms with Crippen LogP contribution in [0.5, 0.6) is 0 Å². The number of carboxylic acids is 1. The monoisotopic (exact) mass is 269 g/mol. The van der Waals surface area contributed by atoms with Gasteiger partial charge in [0.15, 0.2) is 0 Å². The first-order valence-electron chi connectivity index (χ1n) is 5.80. The van der Waals surface area contributed by atoms with Gasteiger partial charge in [-0.2, -0.15) is 0 Å². The second kappa shape index (κ2) is 5.81. The first-order chi connectivity index (χ1) is 8.66. The number of nitrogens with one attached hydrogen (secondary N) is 1. The van der Waals surface area contributed by atoms with Crippen molar-refractivity contribution in [1.29, 1.82) is 0 Å². The molecular formula is C11H15N3O3S. The highest BCUT2D eigenvalue weighted by molar-refractivity contribution is 7.09. The highest BCUT2D eigenvalue weighted by atomic mass is 32.1. The molecule has 98 valence electrons. The molecule has 1 aromatic heterocycles. The molecule has 0 spiro atoms. The Morgan fingerprint density at radius 3 is 3.11 bits per heavy atom. The largest absolute Gasteiger partial charge is 0.481 e. The van der Waals surface area contributed by atoms with E-state index in [1.165, 1.54) is 11.3 Å². The summed E-state index contributed by atoms with van der Waals surface area (Å²) in [4.78, 5) is 29.2. The molecule has 0 unspecified atom stereocenters. The SMILES string of the molecule is O=C(O)[C@@H]1CCCN(C(=O)NCc2cncs2)C1. The quantitative estimate of drug-likeness (QED) is 0.862. The summed E-state index contributed by atoms with van der Waals surface area (Å²) in [5, 5.41) is 11.7. The number of aliphatic carboxylic acids is 1. The number of thiazole rings is 1. The molecule has 2 amide bonds. The van der Waals surface area contributed by atoms with E-state index in [0.29, 0.717) is 26.1 Å². The standard InChI is InChI=1S/C11H15N3O3S/c15-10(16)8-2-1-3-14(6-8)11(17)13-5-9-4-12-7-18-9/h4,7-8H,1-3,5-6H2,(H,13,17)(H,15,16)/t8-/m1/s1. The number of urea groups is 1. The zero-order chi connectivity index (χ0) is 13.0. The minimum Gasteiger partial charge on any atom is -0.481 e. The van der Waals surface area contributed by atoms with Crippen molar-refractivity contribution in [2.24, 2.45) is 5.92 Å².